The molecule has 102 valence electrons. The Morgan fingerprint density at radius 1 is 1.39 bits per heavy atom. The second-order valence-electron chi connectivity index (χ2n) is 5.42. The van der Waals surface area contributed by atoms with E-state index in [0.717, 1.165) is 37.0 Å². The van der Waals surface area contributed by atoms with Crippen LogP contribution in [0, 0.1) is 0 Å². The summed E-state index contributed by atoms with van der Waals surface area (Å²) in [5.41, 5.74) is 0. The van der Waals surface area contributed by atoms with Gasteiger partial charge in [-0.05, 0) is 27.9 Å². The van der Waals surface area contributed by atoms with Crippen molar-refractivity contribution >= 4 is 16.7 Å². The molecule has 1 aromatic heterocycles. The normalized spacial score (nSPS) is 22.6. The van der Waals surface area contributed by atoms with E-state index in [1.807, 2.05) is 0 Å². The second-order valence-corrected chi connectivity index (χ2v) is 6.17. The number of nitrogens with one attached hydrogen (secondary N) is 1. The molecule has 0 aromatic carbocycles. The van der Waals surface area contributed by atoms with E-state index in [-0.39, 0.29) is 0 Å². The van der Waals surface area contributed by atoms with Crippen LogP contribution in [0.3, 0.4) is 0 Å². The van der Waals surface area contributed by atoms with Gasteiger partial charge in [0, 0.05) is 49.7 Å². The molecule has 0 saturated carbocycles. The summed E-state index contributed by atoms with van der Waals surface area (Å²) >= 11 is 1.46. The lowest BCUT2D eigenvalue weighted by atomic mass is 10.1. The highest BCUT2D eigenvalue weighted by Gasteiger charge is 2.23. The zero-order valence-corrected chi connectivity index (χ0v) is 12.5. The van der Waals surface area contributed by atoms with Gasteiger partial charge in [0.05, 0.1) is 0 Å². The maximum atomic E-state index is 4.56. The van der Waals surface area contributed by atoms with E-state index >= 15 is 0 Å². The molecule has 1 saturated heterocycles. The quantitative estimate of drug-likeness (QED) is 0.888. The smallest absolute Gasteiger partial charge is 0.202 e. The number of hydrogen-bond donors (Lipinski definition) is 1. The van der Waals surface area contributed by atoms with E-state index in [1.165, 1.54) is 11.5 Å². The highest BCUT2D eigenvalue weighted by atomic mass is 32.1. The van der Waals surface area contributed by atoms with Crippen LogP contribution in [0.25, 0.3) is 0 Å². The summed E-state index contributed by atoms with van der Waals surface area (Å²) in [4.78, 5) is 9.35. The molecule has 1 fully saturated rings. The molecule has 1 aliphatic heterocycles. The van der Waals surface area contributed by atoms with Crippen LogP contribution in [-0.2, 0) is 6.42 Å². The molecule has 6 heteroatoms. The van der Waals surface area contributed by atoms with Crippen LogP contribution in [0.4, 0.5) is 5.13 Å². The van der Waals surface area contributed by atoms with Crippen LogP contribution in [0.15, 0.2) is 0 Å². The Morgan fingerprint density at radius 2 is 2.17 bits per heavy atom. The zero-order chi connectivity index (χ0) is 13.1. The lowest BCUT2D eigenvalue weighted by Gasteiger charge is -2.37. The van der Waals surface area contributed by atoms with Gasteiger partial charge in [-0.15, -0.1) is 0 Å². The molecule has 5 nitrogen and oxygen atoms in total. The third kappa shape index (κ3) is 3.63. The van der Waals surface area contributed by atoms with E-state index in [1.54, 1.807) is 0 Å². The zero-order valence-electron chi connectivity index (χ0n) is 11.7. The van der Waals surface area contributed by atoms with Crippen molar-refractivity contribution < 1.29 is 0 Å². The number of aromatic nitrogens is 2. The number of anilines is 1. The predicted molar refractivity (Wildman–Crippen MR) is 76.3 cm³/mol. The molecule has 0 radical (unpaired) electrons. The summed E-state index contributed by atoms with van der Waals surface area (Å²) in [6.45, 7) is 7.61. The van der Waals surface area contributed by atoms with Crippen LogP contribution >= 0.6 is 11.5 Å². The van der Waals surface area contributed by atoms with Gasteiger partial charge in [-0.25, -0.2) is 4.98 Å². The Morgan fingerprint density at radius 3 is 2.89 bits per heavy atom. The lowest BCUT2D eigenvalue weighted by Crippen LogP contribution is -2.50. The summed E-state index contributed by atoms with van der Waals surface area (Å²) in [7, 11) is 4.37. The van der Waals surface area contributed by atoms with Gasteiger partial charge in [0.2, 0.25) is 5.13 Å². The van der Waals surface area contributed by atoms with Crippen LogP contribution in [0.2, 0.25) is 0 Å². The molecule has 0 aliphatic carbocycles. The van der Waals surface area contributed by atoms with Crippen molar-refractivity contribution in [3.05, 3.63) is 5.82 Å². The molecule has 2 heterocycles. The Balaban J connectivity index is 1.93. The van der Waals surface area contributed by atoms with Gasteiger partial charge in [-0.2, -0.15) is 4.37 Å². The Kier molecular flexibility index (Phi) is 4.53. The van der Waals surface area contributed by atoms with Crippen molar-refractivity contribution in [1.29, 1.82) is 0 Å². The predicted octanol–water partition coefficient (Wildman–Crippen LogP) is 1.15. The first-order chi connectivity index (χ1) is 8.54. The third-order valence-corrected chi connectivity index (χ3v) is 3.96. The Labute approximate surface area is 113 Å². The largest absolute Gasteiger partial charge is 0.358 e. The second kappa shape index (κ2) is 5.95. The molecule has 18 heavy (non-hydrogen) atoms. The summed E-state index contributed by atoms with van der Waals surface area (Å²) < 4.78 is 4.45. The lowest BCUT2D eigenvalue weighted by molar-refractivity contribution is 0.113. The van der Waals surface area contributed by atoms with Crippen molar-refractivity contribution in [2.75, 3.05) is 39.0 Å². The number of likely N-dealkylation sites (N-methyl/N-ethyl adjacent to an activating group) is 2. The van der Waals surface area contributed by atoms with E-state index < -0.39 is 0 Å². The van der Waals surface area contributed by atoms with Crippen LogP contribution in [-0.4, -0.2) is 65.0 Å². The van der Waals surface area contributed by atoms with Gasteiger partial charge < -0.3 is 15.1 Å². The molecule has 2 rings (SSSR count). The first-order valence-corrected chi connectivity index (χ1v) is 7.30. The van der Waals surface area contributed by atoms with Crippen LogP contribution in [0.1, 0.15) is 19.7 Å². The fourth-order valence-corrected chi connectivity index (χ4v) is 2.92. The minimum atomic E-state index is 0.411. The number of hydrogen-bond acceptors (Lipinski definition) is 6. The SMILES string of the molecule is CC(C)Nc1nc(CC2CN(C)CCN2C)ns1. The number of nitrogens with zero attached hydrogens (tertiary/aromatic N) is 4. The Bertz CT molecular complexity index is 378. The van der Waals surface area contributed by atoms with Crippen molar-refractivity contribution in [1.82, 2.24) is 19.2 Å². The summed E-state index contributed by atoms with van der Waals surface area (Å²) in [6.07, 6.45) is 0.942. The molecule has 1 aromatic rings. The topological polar surface area (TPSA) is 44.3 Å². The fourth-order valence-electron chi connectivity index (χ4n) is 2.18. The van der Waals surface area contributed by atoms with Gasteiger partial charge in [0.15, 0.2) is 0 Å². The number of rotatable bonds is 4. The maximum absolute atomic E-state index is 4.56. The molecule has 0 spiro atoms. The van der Waals surface area contributed by atoms with E-state index in [2.05, 4.69) is 52.4 Å². The van der Waals surface area contributed by atoms with Gasteiger partial charge in [-0.3, -0.25) is 0 Å². The highest BCUT2D eigenvalue weighted by molar-refractivity contribution is 7.09. The van der Waals surface area contributed by atoms with Crippen molar-refractivity contribution in [3.63, 3.8) is 0 Å². The maximum Gasteiger partial charge on any atom is 0.202 e. The van der Waals surface area contributed by atoms with Gasteiger partial charge in [0.1, 0.15) is 5.82 Å². The van der Waals surface area contributed by atoms with Crippen molar-refractivity contribution in [3.8, 4) is 0 Å². The van der Waals surface area contributed by atoms with E-state index in [4.69, 9.17) is 0 Å². The van der Waals surface area contributed by atoms with Crippen molar-refractivity contribution in [2.24, 2.45) is 0 Å². The molecular weight excluding hydrogens is 246 g/mol. The number of piperazine rings is 1. The summed E-state index contributed by atoms with van der Waals surface area (Å²) in [5, 5.41) is 4.24. The molecule has 1 aliphatic rings. The minimum absolute atomic E-state index is 0.411. The average Bonchev–Trinajstić information content (AvgIpc) is 2.70. The van der Waals surface area contributed by atoms with Crippen molar-refractivity contribution in [2.45, 2.75) is 32.4 Å². The van der Waals surface area contributed by atoms with E-state index in [9.17, 15) is 0 Å². The molecule has 1 atom stereocenters. The summed E-state index contributed by atoms with van der Waals surface area (Å²) in [6, 6.07) is 0.944. The Hall–Kier alpha value is -0.720. The van der Waals surface area contributed by atoms with Crippen LogP contribution in [0.5, 0.6) is 0 Å². The molecule has 1 N–H and O–H groups in total. The van der Waals surface area contributed by atoms with Crippen LogP contribution < -0.4 is 5.32 Å². The highest BCUT2D eigenvalue weighted by Crippen LogP contribution is 2.16. The molecular formula is C12H23N5S. The first kappa shape index (κ1) is 13.7. The molecule has 1 unspecified atom stereocenters. The monoisotopic (exact) mass is 269 g/mol. The molecule has 0 bridgehead atoms. The summed E-state index contributed by atoms with van der Waals surface area (Å²) in [5.74, 6) is 0.968. The average molecular weight is 269 g/mol. The standard InChI is InChI=1S/C12H23N5S/c1-9(2)13-12-14-11(15-18-12)7-10-8-16(3)5-6-17(10)4/h9-10H,5-8H2,1-4H3,(H,13,14,15). The van der Waals surface area contributed by atoms with Gasteiger partial charge in [0.25, 0.3) is 0 Å². The van der Waals surface area contributed by atoms with Gasteiger partial charge >= 0.3 is 0 Å². The third-order valence-electron chi connectivity index (χ3n) is 3.28. The first-order valence-electron chi connectivity index (χ1n) is 6.52. The fraction of sp³-hybridized carbons (Fsp3) is 0.833. The van der Waals surface area contributed by atoms with Gasteiger partial charge in [-0.1, -0.05) is 0 Å². The minimum Gasteiger partial charge on any atom is -0.358 e. The van der Waals surface area contributed by atoms with E-state index in [0.29, 0.717) is 12.1 Å². The molecule has 0 amide bonds.